The normalized spacial score (nSPS) is 18.8. The number of carbonyl (C=O) groups is 1. The molecule has 0 aromatic heterocycles. The van der Waals surface area contributed by atoms with Gasteiger partial charge in [0.15, 0.2) is 0 Å². The van der Waals surface area contributed by atoms with E-state index in [4.69, 9.17) is 20.9 Å². The first-order valence-electron chi connectivity index (χ1n) is 7.74. The minimum Gasteiger partial charge on any atom is -0.399 e. The number of nitrogens with one attached hydrogen (secondary N) is 1. The maximum Gasteiger partial charge on any atom is 0.494 e. The van der Waals surface area contributed by atoms with Gasteiger partial charge in [0.2, 0.25) is 0 Å². The second-order valence-corrected chi connectivity index (χ2v) is 7.18. The zero-order valence-corrected chi connectivity index (χ0v) is 15.3. The molecule has 1 aliphatic heterocycles. The lowest BCUT2D eigenvalue weighted by molar-refractivity contribution is 0.00578. The van der Waals surface area contributed by atoms with Crippen molar-refractivity contribution in [2.75, 3.05) is 18.9 Å². The molecular formula is C16H24BClN2O3. The molecule has 2 amide bonds. The van der Waals surface area contributed by atoms with Crippen LogP contribution in [0.5, 0.6) is 0 Å². The smallest absolute Gasteiger partial charge is 0.399 e. The lowest BCUT2D eigenvalue weighted by Gasteiger charge is -2.32. The van der Waals surface area contributed by atoms with Crippen LogP contribution in [0, 0.1) is 0 Å². The number of carbonyl (C=O) groups excluding carboxylic acids is 1. The Bertz CT molecular complexity index is 591. The molecule has 23 heavy (non-hydrogen) atoms. The quantitative estimate of drug-likeness (QED) is 0.862. The van der Waals surface area contributed by atoms with Gasteiger partial charge in [0.25, 0.3) is 0 Å². The highest BCUT2D eigenvalue weighted by Crippen LogP contribution is 2.36. The lowest BCUT2D eigenvalue weighted by atomic mass is 9.79. The van der Waals surface area contributed by atoms with E-state index in [1.807, 2.05) is 40.7 Å². The summed E-state index contributed by atoms with van der Waals surface area (Å²) in [4.78, 5) is 13.6. The number of hydrogen-bond acceptors (Lipinski definition) is 3. The summed E-state index contributed by atoms with van der Waals surface area (Å²) in [6, 6.07) is 5.18. The van der Waals surface area contributed by atoms with Crippen LogP contribution in [-0.4, -0.2) is 42.8 Å². The average Bonchev–Trinajstić information content (AvgIpc) is 2.68. The topological polar surface area (TPSA) is 50.8 Å². The summed E-state index contributed by atoms with van der Waals surface area (Å²) in [5.74, 6) is 0. The molecule has 1 fully saturated rings. The zero-order chi connectivity index (χ0) is 17.4. The van der Waals surface area contributed by atoms with Gasteiger partial charge in [0.05, 0.1) is 21.9 Å². The molecule has 2 rings (SSSR count). The molecule has 1 saturated heterocycles. The number of urea groups is 1. The van der Waals surface area contributed by atoms with E-state index >= 15 is 0 Å². The van der Waals surface area contributed by atoms with Gasteiger partial charge in [-0.15, -0.1) is 0 Å². The van der Waals surface area contributed by atoms with Crippen LogP contribution in [0.4, 0.5) is 10.5 Å². The third-order valence-corrected chi connectivity index (χ3v) is 4.91. The molecule has 7 heteroatoms. The van der Waals surface area contributed by atoms with Crippen LogP contribution in [0.2, 0.25) is 5.02 Å². The first-order valence-corrected chi connectivity index (χ1v) is 8.12. The molecule has 5 nitrogen and oxygen atoms in total. The summed E-state index contributed by atoms with van der Waals surface area (Å²) < 4.78 is 12.1. The molecule has 0 radical (unpaired) electrons. The summed E-state index contributed by atoms with van der Waals surface area (Å²) in [5.41, 5.74) is 0.540. The predicted octanol–water partition coefficient (Wildman–Crippen LogP) is 3.12. The SMILES string of the molecule is CCN(C)C(=O)Nc1cc(B2OC(C)(C)C(C)(C)O2)ccc1Cl. The number of anilines is 1. The van der Waals surface area contributed by atoms with Gasteiger partial charge in [0.1, 0.15) is 0 Å². The molecule has 1 aromatic carbocycles. The molecule has 1 N–H and O–H groups in total. The number of hydrogen-bond donors (Lipinski definition) is 1. The molecule has 0 saturated carbocycles. The fourth-order valence-corrected chi connectivity index (χ4v) is 2.28. The highest BCUT2D eigenvalue weighted by Gasteiger charge is 2.51. The Morgan fingerprint density at radius 1 is 1.26 bits per heavy atom. The van der Waals surface area contributed by atoms with Crippen molar-refractivity contribution in [2.24, 2.45) is 0 Å². The molecule has 126 valence electrons. The fraction of sp³-hybridized carbons (Fsp3) is 0.562. The minimum absolute atomic E-state index is 0.208. The van der Waals surface area contributed by atoms with Gasteiger partial charge in [0, 0.05) is 13.6 Å². The van der Waals surface area contributed by atoms with E-state index in [-0.39, 0.29) is 6.03 Å². The first kappa shape index (κ1) is 18.1. The van der Waals surface area contributed by atoms with E-state index in [1.165, 1.54) is 0 Å². The molecule has 0 atom stereocenters. The summed E-state index contributed by atoms with van der Waals surface area (Å²) >= 11 is 6.19. The monoisotopic (exact) mass is 338 g/mol. The largest absolute Gasteiger partial charge is 0.494 e. The van der Waals surface area contributed by atoms with Gasteiger partial charge in [-0.25, -0.2) is 4.79 Å². The van der Waals surface area contributed by atoms with Crippen molar-refractivity contribution in [3.8, 4) is 0 Å². The van der Waals surface area contributed by atoms with Crippen molar-refractivity contribution >= 4 is 35.9 Å². The first-order chi connectivity index (χ1) is 10.6. The summed E-state index contributed by atoms with van der Waals surface area (Å²) in [7, 11) is 1.23. The molecule has 0 unspecified atom stereocenters. The maximum atomic E-state index is 12.0. The van der Waals surface area contributed by atoms with E-state index in [9.17, 15) is 4.79 Å². The minimum atomic E-state index is -0.489. The van der Waals surface area contributed by atoms with E-state index in [0.29, 0.717) is 17.3 Å². The zero-order valence-electron chi connectivity index (χ0n) is 14.6. The summed E-state index contributed by atoms with van der Waals surface area (Å²) in [6.45, 7) is 10.5. The van der Waals surface area contributed by atoms with Crippen LogP contribution in [0.25, 0.3) is 0 Å². The van der Waals surface area contributed by atoms with Crippen molar-refractivity contribution in [2.45, 2.75) is 45.8 Å². The van der Waals surface area contributed by atoms with Crippen molar-refractivity contribution < 1.29 is 14.1 Å². The van der Waals surface area contributed by atoms with E-state index in [0.717, 1.165) is 5.46 Å². The van der Waals surface area contributed by atoms with E-state index in [1.54, 1.807) is 24.1 Å². The molecule has 1 aromatic rings. The Morgan fingerprint density at radius 3 is 2.35 bits per heavy atom. The third-order valence-electron chi connectivity index (χ3n) is 4.58. The Balaban J connectivity index is 2.23. The number of rotatable bonds is 3. The molecule has 0 bridgehead atoms. The van der Waals surface area contributed by atoms with Gasteiger partial charge in [-0.1, -0.05) is 17.7 Å². The van der Waals surface area contributed by atoms with Crippen molar-refractivity contribution in [3.05, 3.63) is 23.2 Å². The Hall–Kier alpha value is -1.24. The van der Waals surface area contributed by atoms with Crippen molar-refractivity contribution in [3.63, 3.8) is 0 Å². The van der Waals surface area contributed by atoms with Crippen LogP contribution in [0.15, 0.2) is 18.2 Å². The summed E-state index contributed by atoms with van der Waals surface area (Å²) in [6.07, 6.45) is 0. The Morgan fingerprint density at radius 2 is 1.83 bits per heavy atom. The summed E-state index contributed by atoms with van der Waals surface area (Å²) in [5, 5.41) is 3.29. The van der Waals surface area contributed by atoms with Crippen LogP contribution in [-0.2, 0) is 9.31 Å². The van der Waals surface area contributed by atoms with Gasteiger partial charge in [-0.05, 0) is 52.2 Å². The highest BCUT2D eigenvalue weighted by molar-refractivity contribution is 6.62. The highest BCUT2D eigenvalue weighted by atomic mass is 35.5. The van der Waals surface area contributed by atoms with Crippen molar-refractivity contribution in [1.82, 2.24) is 4.90 Å². The van der Waals surface area contributed by atoms with Crippen molar-refractivity contribution in [1.29, 1.82) is 0 Å². The number of halogens is 1. The maximum absolute atomic E-state index is 12.0. The fourth-order valence-electron chi connectivity index (χ4n) is 2.12. The van der Waals surface area contributed by atoms with Crippen LogP contribution < -0.4 is 10.8 Å². The van der Waals surface area contributed by atoms with Crippen LogP contribution >= 0.6 is 11.6 Å². The molecular weight excluding hydrogens is 314 g/mol. The Labute approximate surface area is 143 Å². The molecule has 1 aliphatic rings. The standard InChI is InChI=1S/C16H24BClN2O3/c1-7-20(6)14(21)19-13-10-11(8-9-12(13)18)17-22-15(2,3)16(4,5)23-17/h8-10H,7H2,1-6H3,(H,19,21). The molecule has 0 spiro atoms. The third kappa shape index (κ3) is 3.65. The van der Waals surface area contributed by atoms with Crippen LogP contribution in [0.3, 0.4) is 0 Å². The molecule has 1 heterocycles. The van der Waals surface area contributed by atoms with E-state index < -0.39 is 18.3 Å². The lowest BCUT2D eigenvalue weighted by Crippen LogP contribution is -2.41. The number of nitrogens with zero attached hydrogens (tertiary/aromatic N) is 1. The second-order valence-electron chi connectivity index (χ2n) is 6.77. The number of benzene rings is 1. The van der Waals surface area contributed by atoms with Gasteiger partial charge >= 0.3 is 13.1 Å². The number of amides is 2. The Kier molecular flexibility index (Phi) is 4.99. The van der Waals surface area contributed by atoms with E-state index in [2.05, 4.69) is 5.32 Å². The average molecular weight is 339 g/mol. The molecule has 0 aliphatic carbocycles. The van der Waals surface area contributed by atoms with Gasteiger partial charge in [-0.2, -0.15) is 0 Å². The van der Waals surface area contributed by atoms with Gasteiger partial charge < -0.3 is 19.5 Å². The van der Waals surface area contributed by atoms with Gasteiger partial charge in [-0.3, -0.25) is 0 Å². The van der Waals surface area contributed by atoms with Crippen LogP contribution in [0.1, 0.15) is 34.6 Å². The second kappa shape index (κ2) is 6.34. The predicted molar refractivity (Wildman–Crippen MR) is 94.5 cm³/mol.